The Morgan fingerprint density at radius 1 is 1.38 bits per heavy atom. The van der Waals surface area contributed by atoms with Crippen LogP contribution in [0, 0.1) is 0 Å². The van der Waals surface area contributed by atoms with Gasteiger partial charge in [0.1, 0.15) is 5.82 Å². The number of hydrogen-bond donors (Lipinski definition) is 2. The predicted molar refractivity (Wildman–Crippen MR) is 90.1 cm³/mol. The summed E-state index contributed by atoms with van der Waals surface area (Å²) in [5.74, 6) is 0.349. The highest BCUT2D eigenvalue weighted by Gasteiger charge is 2.10. The Morgan fingerprint density at radius 3 is 2.86 bits per heavy atom. The van der Waals surface area contributed by atoms with E-state index >= 15 is 0 Å². The second-order valence-electron chi connectivity index (χ2n) is 4.45. The van der Waals surface area contributed by atoms with Gasteiger partial charge in [0.15, 0.2) is 0 Å². The standard InChI is InChI=1S/C15H15BrClN3O/c1-2-6-18-14-13(17)7-10(9-19-14)15(21)20-12-5-3-4-11(16)8-12/h3-5,7-9H,2,6H2,1H3,(H,18,19)(H,20,21). The van der Waals surface area contributed by atoms with Crippen molar-refractivity contribution in [1.29, 1.82) is 0 Å². The number of nitrogens with zero attached hydrogens (tertiary/aromatic N) is 1. The second kappa shape index (κ2) is 7.43. The number of amides is 1. The maximum absolute atomic E-state index is 12.2. The minimum Gasteiger partial charge on any atom is -0.369 e. The van der Waals surface area contributed by atoms with Gasteiger partial charge < -0.3 is 10.6 Å². The van der Waals surface area contributed by atoms with E-state index in [2.05, 4.69) is 38.5 Å². The lowest BCUT2D eigenvalue weighted by molar-refractivity contribution is 0.102. The Kier molecular flexibility index (Phi) is 5.59. The Bertz CT molecular complexity index is 649. The molecule has 0 fully saturated rings. The number of benzene rings is 1. The van der Waals surface area contributed by atoms with Crippen molar-refractivity contribution in [3.63, 3.8) is 0 Å². The van der Waals surface area contributed by atoms with Crippen molar-refractivity contribution >= 4 is 44.9 Å². The molecule has 21 heavy (non-hydrogen) atoms. The summed E-state index contributed by atoms with van der Waals surface area (Å²) in [6.45, 7) is 2.84. The summed E-state index contributed by atoms with van der Waals surface area (Å²) in [7, 11) is 0. The average Bonchev–Trinajstić information content (AvgIpc) is 2.46. The van der Waals surface area contributed by atoms with Crippen LogP contribution in [0.15, 0.2) is 41.0 Å². The van der Waals surface area contributed by atoms with Crippen LogP contribution in [0.3, 0.4) is 0 Å². The summed E-state index contributed by atoms with van der Waals surface area (Å²) in [6.07, 6.45) is 2.49. The van der Waals surface area contributed by atoms with Crippen LogP contribution in [0.1, 0.15) is 23.7 Å². The third-order valence-corrected chi connectivity index (χ3v) is 3.51. The van der Waals surface area contributed by atoms with Crippen molar-refractivity contribution in [3.8, 4) is 0 Å². The van der Waals surface area contributed by atoms with Gasteiger partial charge in [0, 0.05) is 22.9 Å². The molecular formula is C15H15BrClN3O. The largest absolute Gasteiger partial charge is 0.369 e. The van der Waals surface area contributed by atoms with Gasteiger partial charge in [-0.25, -0.2) is 4.98 Å². The van der Waals surface area contributed by atoms with Gasteiger partial charge in [0.25, 0.3) is 5.91 Å². The molecule has 1 amide bonds. The molecule has 0 saturated heterocycles. The highest BCUT2D eigenvalue weighted by Crippen LogP contribution is 2.21. The molecule has 2 N–H and O–H groups in total. The molecular weight excluding hydrogens is 354 g/mol. The van der Waals surface area contributed by atoms with Crippen LogP contribution in [0.5, 0.6) is 0 Å². The molecule has 1 heterocycles. The summed E-state index contributed by atoms with van der Waals surface area (Å²) in [4.78, 5) is 16.3. The van der Waals surface area contributed by atoms with Crippen molar-refractivity contribution < 1.29 is 4.79 Å². The Balaban J connectivity index is 2.11. The minimum absolute atomic E-state index is 0.246. The van der Waals surface area contributed by atoms with E-state index in [0.717, 1.165) is 17.4 Å². The van der Waals surface area contributed by atoms with Crippen molar-refractivity contribution in [2.75, 3.05) is 17.2 Å². The quantitative estimate of drug-likeness (QED) is 0.812. The lowest BCUT2D eigenvalue weighted by Crippen LogP contribution is -2.13. The van der Waals surface area contributed by atoms with E-state index in [1.165, 1.54) is 6.20 Å². The number of anilines is 2. The maximum atomic E-state index is 12.2. The SMILES string of the molecule is CCCNc1ncc(C(=O)Nc2cccc(Br)c2)cc1Cl. The Morgan fingerprint density at radius 2 is 2.19 bits per heavy atom. The van der Waals surface area contributed by atoms with Crippen LogP contribution in [0.25, 0.3) is 0 Å². The molecule has 4 nitrogen and oxygen atoms in total. The third-order valence-electron chi connectivity index (χ3n) is 2.73. The van der Waals surface area contributed by atoms with E-state index in [4.69, 9.17) is 11.6 Å². The number of hydrogen-bond acceptors (Lipinski definition) is 3. The van der Waals surface area contributed by atoms with Crippen LogP contribution < -0.4 is 10.6 Å². The molecule has 0 aliphatic rings. The zero-order valence-electron chi connectivity index (χ0n) is 11.5. The fourth-order valence-corrected chi connectivity index (χ4v) is 2.34. The van der Waals surface area contributed by atoms with Crippen molar-refractivity contribution in [3.05, 3.63) is 51.6 Å². The fourth-order valence-electron chi connectivity index (χ4n) is 1.71. The summed E-state index contributed by atoms with van der Waals surface area (Å²) >= 11 is 9.49. The molecule has 6 heteroatoms. The third kappa shape index (κ3) is 4.44. The van der Waals surface area contributed by atoms with E-state index in [-0.39, 0.29) is 5.91 Å². The summed E-state index contributed by atoms with van der Waals surface area (Å²) in [5.41, 5.74) is 1.13. The molecule has 110 valence electrons. The van der Waals surface area contributed by atoms with Crippen molar-refractivity contribution in [2.24, 2.45) is 0 Å². The fraction of sp³-hybridized carbons (Fsp3) is 0.200. The smallest absolute Gasteiger partial charge is 0.257 e. The highest BCUT2D eigenvalue weighted by atomic mass is 79.9. The van der Waals surface area contributed by atoms with E-state index in [0.29, 0.717) is 22.1 Å². The van der Waals surface area contributed by atoms with Crippen LogP contribution >= 0.6 is 27.5 Å². The number of pyridine rings is 1. The van der Waals surface area contributed by atoms with Crippen LogP contribution in [-0.4, -0.2) is 17.4 Å². The lowest BCUT2D eigenvalue weighted by atomic mass is 10.2. The van der Waals surface area contributed by atoms with Gasteiger partial charge in [-0.3, -0.25) is 4.79 Å². The summed E-state index contributed by atoms with van der Waals surface area (Å²) in [5, 5.41) is 6.34. The zero-order chi connectivity index (χ0) is 15.2. The molecule has 2 aromatic rings. The van der Waals surface area contributed by atoms with Gasteiger partial charge in [-0.05, 0) is 30.7 Å². The number of carbonyl (C=O) groups excluding carboxylic acids is 1. The number of halogens is 2. The highest BCUT2D eigenvalue weighted by molar-refractivity contribution is 9.10. The first-order chi connectivity index (χ1) is 10.1. The van der Waals surface area contributed by atoms with Crippen molar-refractivity contribution in [2.45, 2.75) is 13.3 Å². The van der Waals surface area contributed by atoms with Crippen LogP contribution in [0.4, 0.5) is 11.5 Å². The second-order valence-corrected chi connectivity index (χ2v) is 5.77. The molecule has 0 spiro atoms. The van der Waals surface area contributed by atoms with Gasteiger partial charge in [-0.15, -0.1) is 0 Å². The summed E-state index contributed by atoms with van der Waals surface area (Å²) < 4.78 is 0.899. The molecule has 2 rings (SSSR count). The number of nitrogens with one attached hydrogen (secondary N) is 2. The van der Waals surface area contributed by atoms with E-state index in [1.54, 1.807) is 6.07 Å². The Hall–Kier alpha value is -1.59. The lowest BCUT2D eigenvalue weighted by Gasteiger charge is -2.09. The molecule has 0 bridgehead atoms. The molecule has 0 aliphatic carbocycles. The van der Waals surface area contributed by atoms with Gasteiger partial charge in [0.05, 0.1) is 10.6 Å². The zero-order valence-corrected chi connectivity index (χ0v) is 13.8. The number of carbonyl (C=O) groups is 1. The number of aromatic nitrogens is 1. The van der Waals surface area contributed by atoms with Crippen LogP contribution in [0.2, 0.25) is 5.02 Å². The van der Waals surface area contributed by atoms with Crippen LogP contribution in [-0.2, 0) is 0 Å². The van der Waals surface area contributed by atoms with Crippen molar-refractivity contribution in [1.82, 2.24) is 4.98 Å². The average molecular weight is 369 g/mol. The normalized spacial score (nSPS) is 10.2. The molecule has 1 aromatic heterocycles. The molecule has 0 saturated carbocycles. The topological polar surface area (TPSA) is 54.0 Å². The summed E-state index contributed by atoms with van der Waals surface area (Å²) in [6, 6.07) is 8.99. The van der Waals surface area contributed by atoms with E-state index in [1.807, 2.05) is 24.3 Å². The van der Waals surface area contributed by atoms with Gasteiger partial charge in [-0.1, -0.05) is 40.5 Å². The first-order valence-corrected chi connectivity index (χ1v) is 7.73. The molecule has 0 atom stereocenters. The van der Waals surface area contributed by atoms with Gasteiger partial charge >= 0.3 is 0 Å². The predicted octanol–water partition coefficient (Wildman–Crippen LogP) is 4.57. The van der Waals surface area contributed by atoms with E-state index in [9.17, 15) is 4.79 Å². The van der Waals surface area contributed by atoms with Gasteiger partial charge in [-0.2, -0.15) is 0 Å². The monoisotopic (exact) mass is 367 g/mol. The molecule has 0 unspecified atom stereocenters. The molecule has 1 aromatic carbocycles. The number of rotatable bonds is 5. The Labute approximate surface area is 137 Å². The molecule has 0 aliphatic heterocycles. The minimum atomic E-state index is -0.246. The van der Waals surface area contributed by atoms with E-state index < -0.39 is 0 Å². The maximum Gasteiger partial charge on any atom is 0.257 e. The first kappa shape index (κ1) is 15.8. The molecule has 0 radical (unpaired) electrons. The van der Waals surface area contributed by atoms with Gasteiger partial charge in [0.2, 0.25) is 0 Å². The first-order valence-electron chi connectivity index (χ1n) is 6.56.